The Morgan fingerprint density at radius 2 is 1.94 bits per heavy atom. The number of halogens is 1. The van der Waals surface area contributed by atoms with Crippen molar-refractivity contribution in [2.45, 2.75) is 32.1 Å². The van der Waals surface area contributed by atoms with Crippen molar-refractivity contribution in [1.82, 2.24) is 0 Å². The SMILES string of the molecule is NCC(COc1ccccc1Br)C1CCCCC1. The molecular formula is C15H22BrNO. The Morgan fingerprint density at radius 1 is 1.22 bits per heavy atom. The first-order valence-electron chi connectivity index (χ1n) is 6.88. The van der Waals surface area contributed by atoms with Crippen LogP contribution in [0.3, 0.4) is 0 Å². The molecule has 1 aromatic rings. The van der Waals surface area contributed by atoms with Crippen LogP contribution in [0.5, 0.6) is 5.75 Å². The Morgan fingerprint density at radius 3 is 2.61 bits per heavy atom. The van der Waals surface area contributed by atoms with Gasteiger partial charge in [-0.15, -0.1) is 0 Å². The van der Waals surface area contributed by atoms with E-state index in [4.69, 9.17) is 10.5 Å². The molecular weight excluding hydrogens is 290 g/mol. The van der Waals surface area contributed by atoms with Crippen molar-refractivity contribution in [2.24, 2.45) is 17.6 Å². The molecule has 1 unspecified atom stereocenters. The van der Waals surface area contributed by atoms with Crippen molar-refractivity contribution < 1.29 is 4.74 Å². The smallest absolute Gasteiger partial charge is 0.133 e. The van der Waals surface area contributed by atoms with Gasteiger partial charge in [-0.3, -0.25) is 0 Å². The van der Waals surface area contributed by atoms with E-state index < -0.39 is 0 Å². The first kappa shape index (κ1) is 13.9. The maximum absolute atomic E-state index is 5.92. The first-order chi connectivity index (χ1) is 8.81. The summed E-state index contributed by atoms with van der Waals surface area (Å²) in [4.78, 5) is 0. The van der Waals surface area contributed by atoms with Gasteiger partial charge < -0.3 is 10.5 Å². The summed E-state index contributed by atoms with van der Waals surface area (Å²) in [6.45, 7) is 1.47. The fourth-order valence-electron chi connectivity index (χ4n) is 2.76. The predicted octanol–water partition coefficient (Wildman–Crippen LogP) is 3.98. The highest BCUT2D eigenvalue weighted by molar-refractivity contribution is 9.10. The van der Waals surface area contributed by atoms with Crippen molar-refractivity contribution in [3.05, 3.63) is 28.7 Å². The average Bonchev–Trinajstić information content (AvgIpc) is 2.42. The molecule has 0 heterocycles. The molecule has 1 aromatic carbocycles. The molecule has 18 heavy (non-hydrogen) atoms. The van der Waals surface area contributed by atoms with E-state index in [0.717, 1.165) is 29.3 Å². The Bertz CT molecular complexity index is 363. The molecule has 0 aromatic heterocycles. The largest absolute Gasteiger partial charge is 0.492 e. The van der Waals surface area contributed by atoms with Crippen LogP contribution in [0.1, 0.15) is 32.1 Å². The van der Waals surface area contributed by atoms with E-state index in [-0.39, 0.29) is 0 Å². The topological polar surface area (TPSA) is 35.2 Å². The van der Waals surface area contributed by atoms with Crippen molar-refractivity contribution in [1.29, 1.82) is 0 Å². The molecule has 0 saturated heterocycles. The third-order valence-electron chi connectivity index (χ3n) is 3.91. The molecule has 1 atom stereocenters. The van der Waals surface area contributed by atoms with Crippen LogP contribution >= 0.6 is 15.9 Å². The van der Waals surface area contributed by atoms with E-state index in [2.05, 4.69) is 15.9 Å². The zero-order valence-electron chi connectivity index (χ0n) is 10.8. The van der Waals surface area contributed by atoms with Gasteiger partial charge in [0, 0.05) is 5.92 Å². The summed E-state index contributed by atoms with van der Waals surface area (Å²) >= 11 is 3.51. The normalized spacial score (nSPS) is 18.6. The number of ether oxygens (including phenoxy) is 1. The predicted molar refractivity (Wildman–Crippen MR) is 78.8 cm³/mol. The fourth-order valence-corrected chi connectivity index (χ4v) is 3.16. The lowest BCUT2D eigenvalue weighted by Gasteiger charge is -2.29. The lowest BCUT2D eigenvalue weighted by molar-refractivity contribution is 0.166. The second-order valence-electron chi connectivity index (χ2n) is 5.14. The number of rotatable bonds is 5. The van der Waals surface area contributed by atoms with Gasteiger partial charge in [0.15, 0.2) is 0 Å². The van der Waals surface area contributed by atoms with E-state index in [9.17, 15) is 0 Å². The number of para-hydroxylation sites is 1. The number of benzene rings is 1. The second kappa shape index (κ2) is 7.15. The van der Waals surface area contributed by atoms with E-state index in [1.165, 1.54) is 32.1 Å². The standard InChI is InChI=1S/C15H22BrNO/c16-14-8-4-5-9-15(14)18-11-13(10-17)12-6-2-1-3-7-12/h4-5,8-9,12-13H,1-3,6-7,10-11,17H2. The van der Waals surface area contributed by atoms with E-state index in [1.807, 2.05) is 24.3 Å². The molecule has 0 amide bonds. The minimum absolute atomic E-state index is 0.498. The molecule has 1 fully saturated rings. The van der Waals surface area contributed by atoms with Crippen LogP contribution in [0.4, 0.5) is 0 Å². The molecule has 1 aliphatic carbocycles. The van der Waals surface area contributed by atoms with Crippen LogP contribution in [0, 0.1) is 11.8 Å². The maximum atomic E-state index is 5.92. The van der Waals surface area contributed by atoms with Crippen LogP contribution in [0.15, 0.2) is 28.7 Å². The highest BCUT2D eigenvalue weighted by Gasteiger charge is 2.23. The number of hydrogen-bond acceptors (Lipinski definition) is 2. The zero-order chi connectivity index (χ0) is 12.8. The molecule has 2 nitrogen and oxygen atoms in total. The lowest BCUT2D eigenvalue weighted by Crippen LogP contribution is -2.30. The summed E-state index contributed by atoms with van der Waals surface area (Å²) in [5.74, 6) is 2.18. The zero-order valence-corrected chi connectivity index (χ0v) is 12.4. The van der Waals surface area contributed by atoms with Gasteiger partial charge in [-0.05, 0) is 40.5 Å². The van der Waals surface area contributed by atoms with Crippen molar-refractivity contribution in [2.75, 3.05) is 13.2 Å². The van der Waals surface area contributed by atoms with Gasteiger partial charge in [0.05, 0.1) is 11.1 Å². The van der Waals surface area contributed by atoms with Crippen LogP contribution in [0.25, 0.3) is 0 Å². The third kappa shape index (κ3) is 3.72. The minimum atomic E-state index is 0.498. The summed E-state index contributed by atoms with van der Waals surface area (Å²) in [6.07, 6.45) is 6.74. The molecule has 0 spiro atoms. The van der Waals surface area contributed by atoms with E-state index in [1.54, 1.807) is 0 Å². The summed E-state index contributed by atoms with van der Waals surface area (Å²) < 4.78 is 6.93. The maximum Gasteiger partial charge on any atom is 0.133 e. The summed E-state index contributed by atoms with van der Waals surface area (Å²) in [5.41, 5.74) is 5.91. The molecule has 1 saturated carbocycles. The van der Waals surface area contributed by atoms with Crippen LogP contribution < -0.4 is 10.5 Å². The molecule has 1 aliphatic rings. The number of hydrogen-bond donors (Lipinski definition) is 1. The molecule has 100 valence electrons. The Balaban J connectivity index is 1.88. The number of nitrogens with two attached hydrogens (primary N) is 1. The Kier molecular flexibility index (Phi) is 5.51. The lowest BCUT2D eigenvalue weighted by atomic mass is 9.80. The van der Waals surface area contributed by atoms with Crippen LogP contribution in [0.2, 0.25) is 0 Å². The molecule has 2 N–H and O–H groups in total. The van der Waals surface area contributed by atoms with Crippen LogP contribution in [-0.2, 0) is 0 Å². The average molecular weight is 312 g/mol. The third-order valence-corrected chi connectivity index (χ3v) is 4.56. The summed E-state index contributed by atoms with van der Waals surface area (Å²) in [6, 6.07) is 8.00. The highest BCUT2D eigenvalue weighted by Crippen LogP contribution is 2.31. The molecule has 3 heteroatoms. The fraction of sp³-hybridized carbons (Fsp3) is 0.600. The van der Waals surface area contributed by atoms with Gasteiger partial charge in [0.1, 0.15) is 5.75 Å². The molecule has 0 bridgehead atoms. The summed E-state index contributed by atoms with van der Waals surface area (Å²) in [7, 11) is 0. The Labute approximate surface area is 118 Å². The van der Waals surface area contributed by atoms with Gasteiger partial charge >= 0.3 is 0 Å². The van der Waals surface area contributed by atoms with Crippen molar-refractivity contribution >= 4 is 15.9 Å². The minimum Gasteiger partial charge on any atom is -0.492 e. The Hall–Kier alpha value is -0.540. The van der Waals surface area contributed by atoms with Gasteiger partial charge in [0.2, 0.25) is 0 Å². The van der Waals surface area contributed by atoms with Gasteiger partial charge in [0.25, 0.3) is 0 Å². The monoisotopic (exact) mass is 311 g/mol. The highest BCUT2D eigenvalue weighted by atomic mass is 79.9. The summed E-state index contributed by atoms with van der Waals surface area (Å²) in [5, 5.41) is 0. The van der Waals surface area contributed by atoms with Crippen LogP contribution in [-0.4, -0.2) is 13.2 Å². The first-order valence-corrected chi connectivity index (χ1v) is 7.68. The van der Waals surface area contributed by atoms with Crippen molar-refractivity contribution in [3.8, 4) is 5.75 Å². The van der Waals surface area contributed by atoms with E-state index in [0.29, 0.717) is 5.92 Å². The van der Waals surface area contributed by atoms with Gasteiger partial charge in [-0.1, -0.05) is 44.2 Å². The van der Waals surface area contributed by atoms with Gasteiger partial charge in [-0.2, -0.15) is 0 Å². The van der Waals surface area contributed by atoms with E-state index >= 15 is 0 Å². The molecule has 0 aliphatic heterocycles. The van der Waals surface area contributed by atoms with Gasteiger partial charge in [-0.25, -0.2) is 0 Å². The molecule has 0 radical (unpaired) electrons. The second-order valence-corrected chi connectivity index (χ2v) is 5.99. The quantitative estimate of drug-likeness (QED) is 0.892. The molecule has 2 rings (SSSR count). The van der Waals surface area contributed by atoms with Crippen molar-refractivity contribution in [3.63, 3.8) is 0 Å².